The molecule has 0 atom stereocenters. The smallest absolute Gasteiger partial charge is 0.251 e. The van der Waals surface area contributed by atoms with Crippen molar-refractivity contribution in [3.05, 3.63) is 66.4 Å². The number of anilines is 4. The van der Waals surface area contributed by atoms with Gasteiger partial charge in [0.2, 0.25) is 0 Å². The van der Waals surface area contributed by atoms with Crippen LogP contribution in [0.2, 0.25) is 0 Å². The van der Waals surface area contributed by atoms with Gasteiger partial charge in [-0.15, -0.1) is 5.10 Å². The lowest BCUT2D eigenvalue weighted by Crippen LogP contribution is -2.14. The summed E-state index contributed by atoms with van der Waals surface area (Å²) in [6, 6.07) is 18.1. The fraction of sp³-hybridized carbons (Fsp3) is 0.118. The van der Waals surface area contributed by atoms with E-state index in [-0.39, 0.29) is 0 Å². The summed E-state index contributed by atoms with van der Waals surface area (Å²) in [5.41, 5.74) is 3.18. The number of rotatable bonds is 4. The molecule has 0 saturated heterocycles. The minimum Gasteiger partial charge on any atom is -0.339 e. The van der Waals surface area contributed by atoms with Crippen molar-refractivity contribution in [1.82, 2.24) is 15.2 Å². The molecular formula is C17H17N5. The summed E-state index contributed by atoms with van der Waals surface area (Å²) < 4.78 is 0. The average molecular weight is 291 g/mol. The van der Waals surface area contributed by atoms with Crippen molar-refractivity contribution in [2.75, 3.05) is 17.3 Å². The van der Waals surface area contributed by atoms with Crippen LogP contribution in [0, 0.1) is 6.92 Å². The molecule has 2 aromatic carbocycles. The Morgan fingerprint density at radius 2 is 1.82 bits per heavy atom. The van der Waals surface area contributed by atoms with E-state index in [1.54, 1.807) is 6.20 Å². The highest BCUT2D eigenvalue weighted by Gasteiger charge is 2.08. The van der Waals surface area contributed by atoms with Crippen LogP contribution in [0.3, 0.4) is 0 Å². The summed E-state index contributed by atoms with van der Waals surface area (Å²) >= 11 is 0. The molecule has 1 heterocycles. The van der Waals surface area contributed by atoms with E-state index in [0.717, 1.165) is 11.4 Å². The first-order valence-electron chi connectivity index (χ1n) is 7.04. The predicted octanol–water partition coefficient (Wildman–Crippen LogP) is 3.69. The lowest BCUT2D eigenvalue weighted by Gasteiger charge is -2.17. The molecule has 0 amide bonds. The van der Waals surface area contributed by atoms with Crippen LogP contribution in [0.25, 0.3) is 0 Å². The van der Waals surface area contributed by atoms with Gasteiger partial charge in [-0.25, -0.2) is 0 Å². The highest BCUT2D eigenvalue weighted by molar-refractivity contribution is 5.60. The molecule has 0 bridgehead atoms. The first kappa shape index (κ1) is 14.0. The van der Waals surface area contributed by atoms with Crippen molar-refractivity contribution in [2.45, 2.75) is 6.92 Å². The normalized spacial score (nSPS) is 10.3. The number of nitrogens with zero attached hydrogens (tertiary/aromatic N) is 4. The second-order valence-corrected chi connectivity index (χ2v) is 5.03. The van der Waals surface area contributed by atoms with E-state index in [2.05, 4.69) is 39.6 Å². The zero-order chi connectivity index (χ0) is 15.4. The molecule has 1 aromatic heterocycles. The molecule has 0 aliphatic carbocycles. The maximum Gasteiger partial charge on any atom is 0.251 e. The number of hydrogen-bond donors (Lipinski definition) is 1. The zero-order valence-electron chi connectivity index (χ0n) is 12.6. The third-order valence-electron chi connectivity index (χ3n) is 3.28. The van der Waals surface area contributed by atoms with Gasteiger partial charge in [0.25, 0.3) is 5.95 Å². The molecule has 0 saturated carbocycles. The van der Waals surface area contributed by atoms with Crippen molar-refractivity contribution in [3.63, 3.8) is 0 Å². The van der Waals surface area contributed by atoms with Crippen molar-refractivity contribution in [3.8, 4) is 0 Å². The van der Waals surface area contributed by atoms with Gasteiger partial charge in [0.15, 0.2) is 5.82 Å². The molecule has 0 radical (unpaired) electrons. The molecule has 110 valence electrons. The Labute approximate surface area is 129 Å². The monoisotopic (exact) mass is 291 g/mol. The second kappa shape index (κ2) is 6.22. The lowest BCUT2D eigenvalue weighted by molar-refractivity contribution is 0.932. The van der Waals surface area contributed by atoms with Gasteiger partial charge in [-0.05, 0) is 36.8 Å². The number of aromatic nitrogens is 3. The SMILES string of the molecule is Cc1cccc(Nc2cnnc(N(C)c3ccccc3)n2)c1. The molecular weight excluding hydrogens is 274 g/mol. The van der Waals surface area contributed by atoms with Crippen molar-refractivity contribution < 1.29 is 0 Å². The maximum atomic E-state index is 4.52. The van der Waals surface area contributed by atoms with Crippen LogP contribution in [0.15, 0.2) is 60.8 Å². The van der Waals surface area contributed by atoms with Gasteiger partial charge in [0.05, 0.1) is 6.20 Å². The molecule has 0 fully saturated rings. The number of aryl methyl sites for hydroxylation is 1. The van der Waals surface area contributed by atoms with Crippen molar-refractivity contribution >= 4 is 23.1 Å². The highest BCUT2D eigenvalue weighted by atomic mass is 15.3. The van der Waals surface area contributed by atoms with E-state index in [4.69, 9.17) is 0 Å². The summed E-state index contributed by atoms with van der Waals surface area (Å²) in [5, 5.41) is 11.4. The van der Waals surface area contributed by atoms with Crippen LogP contribution in [0.5, 0.6) is 0 Å². The topological polar surface area (TPSA) is 53.9 Å². The Kier molecular flexibility index (Phi) is 3.96. The number of nitrogens with one attached hydrogen (secondary N) is 1. The molecule has 0 unspecified atom stereocenters. The molecule has 1 N–H and O–H groups in total. The first-order chi connectivity index (χ1) is 10.7. The van der Waals surface area contributed by atoms with Gasteiger partial charge in [-0.3, -0.25) is 0 Å². The quantitative estimate of drug-likeness (QED) is 0.794. The van der Waals surface area contributed by atoms with Gasteiger partial charge in [-0.2, -0.15) is 10.1 Å². The number of hydrogen-bond acceptors (Lipinski definition) is 5. The minimum absolute atomic E-state index is 0.545. The zero-order valence-corrected chi connectivity index (χ0v) is 12.6. The number of para-hydroxylation sites is 1. The van der Waals surface area contributed by atoms with Gasteiger partial charge < -0.3 is 10.2 Å². The Morgan fingerprint density at radius 3 is 2.59 bits per heavy atom. The van der Waals surface area contributed by atoms with E-state index >= 15 is 0 Å². The summed E-state index contributed by atoms with van der Waals surface area (Å²) in [4.78, 5) is 6.41. The van der Waals surface area contributed by atoms with E-state index in [9.17, 15) is 0 Å². The van der Waals surface area contributed by atoms with Gasteiger partial charge in [0, 0.05) is 18.4 Å². The van der Waals surface area contributed by atoms with E-state index < -0.39 is 0 Å². The third kappa shape index (κ3) is 3.20. The number of benzene rings is 2. The highest BCUT2D eigenvalue weighted by Crippen LogP contribution is 2.21. The van der Waals surface area contributed by atoms with E-state index in [1.165, 1.54) is 5.56 Å². The molecule has 3 rings (SSSR count). The van der Waals surface area contributed by atoms with Crippen LogP contribution in [0.4, 0.5) is 23.1 Å². The van der Waals surface area contributed by atoms with Gasteiger partial charge in [-0.1, -0.05) is 30.3 Å². The molecule has 0 spiro atoms. The fourth-order valence-corrected chi connectivity index (χ4v) is 2.13. The van der Waals surface area contributed by atoms with E-state index in [0.29, 0.717) is 11.8 Å². The second-order valence-electron chi connectivity index (χ2n) is 5.03. The first-order valence-corrected chi connectivity index (χ1v) is 7.04. The van der Waals surface area contributed by atoms with Gasteiger partial charge in [0.1, 0.15) is 0 Å². The third-order valence-corrected chi connectivity index (χ3v) is 3.28. The molecule has 0 aliphatic rings. The molecule has 5 heteroatoms. The minimum atomic E-state index is 0.545. The standard InChI is InChI=1S/C17H17N5/c1-13-7-6-8-14(11-13)19-16-12-18-21-17(20-16)22(2)15-9-4-3-5-10-15/h3-12H,1-2H3,(H,19,20,21). The lowest BCUT2D eigenvalue weighted by atomic mass is 10.2. The fourth-order valence-electron chi connectivity index (χ4n) is 2.13. The van der Waals surface area contributed by atoms with Crippen LogP contribution in [-0.4, -0.2) is 22.2 Å². The Morgan fingerprint density at radius 1 is 1.00 bits per heavy atom. The molecule has 5 nitrogen and oxygen atoms in total. The molecule has 0 aliphatic heterocycles. The Hall–Kier alpha value is -2.95. The maximum absolute atomic E-state index is 4.52. The van der Waals surface area contributed by atoms with Crippen LogP contribution in [0.1, 0.15) is 5.56 Å². The summed E-state index contributed by atoms with van der Waals surface area (Å²) in [7, 11) is 1.92. The van der Waals surface area contributed by atoms with Crippen molar-refractivity contribution in [1.29, 1.82) is 0 Å². The van der Waals surface area contributed by atoms with Crippen molar-refractivity contribution in [2.24, 2.45) is 0 Å². The molecule has 3 aromatic rings. The van der Waals surface area contributed by atoms with Crippen LogP contribution >= 0.6 is 0 Å². The van der Waals surface area contributed by atoms with Gasteiger partial charge >= 0.3 is 0 Å². The molecule has 22 heavy (non-hydrogen) atoms. The summed E-state index contributed by atoms with van der Waals surface area (Å²) in [6.45, 7) is 2.05. The largest absolute Gasteiger partial charge is 0.339 e. The van der Waals surface area contributed by atoms with Crippen LogP contribution in [-0.2, 0) is 0 Å². The Bertz CT molecular complexity index is 758. The summed E-state index contributed by atoms with van der Waals surface area (Å²) in [5.74, 6) is 1.21. The summed E-state index contributed by atoms with van der Waals surface area (Å²) in [6.07, 6.45) is 1.62. The van der Waals surface area contributed by atoms with Crippen LogP contribution < -0.4 is 10.2 Å². The van der Waals surface area contributed by atoms with E-state index in [1.807, 2.05) is 54.4 Å². The predicted molar refractivity (Wildman–Crippen MR) is 88.8 cm³/mol. The Balaban J connectivity index is 1.83. The average Bonchev–Trinajstić information content (AvgIpc) is 2.55.